The first kappa shape index (κ1) is 9.69. The van der Waals surface area contributed by atoms with Crippen molar-refractivity contribution in [3.05, 3.63) is 35.9 Å². The lowest BCUT2D eigenvalue weighted by Gasteiger charge is -2.19. The molecule has 1 rings (SSSR count). The zero-order valence-electron chi connectivity index (χ0n) is 7.24. The van der Waals surface area contributed by atoms with Crippen molar-refractivity contribution in [2.75, 3.05) is 0 Å². The minimum absolute atomic E-state index is 0.314. The Labute approximate surface area is 76.2 Å². The average Bonchev–Trinajstić information content (AvgIpc) is 2.18. The Balaban J connectivity index is 2.94. The summed E-state index contributed by atoms with van der Waals surface area (Å²) in [6.45, 7) is 1.16. The van der Waals surface area contributed by atoms with Crippen molar-refractivity contribution >= 4 is 0 Å². The summed E-state index contributed by atoms with van der Waals surface area (Å²) in [7, 11) is 0. The van der Waals surface area contributed by atoms with Gasteiger partial charge in [-0.25, -0.2) is 4.39 Å². The summed E-state index contributed by atoms with van der Waals surface area (Å²) >= 11 is 0. The Bertz CT molecular complexity index is 315. The first-order valence-corrected chi connectivity index (χ1v) is 3.90. The van der Waals surface area contributed by atoms with Gasteiger partial charge in [-0.05, 0) is 12.5 Å². The van der Waals surface area contributed by atoms with Crippen molar-refractivity contribution in [3.8, 4) is 6.07 Å². The maximum atomic E-state index is 13.4. The highest BCUT2D eigenvalue weighted by Crippen LogP contribution is 2.28. The SMILES string of the molecule is C[C@@](O)(C#N)[C@H](F)c1ccccc1. The van der Waals surface area contributed by atoms with Crippen LogP contribution in [0.5, 0.6) is 0 Å². The lowest BCUT2D eigenvalue weighted by atomic mass is 9.96. The van der Waals surface area contributed by atoms with Gasteiger partial charge in [0, 0.05) is 0 Å². The first-order chi connectivity index (χ1) is 6.08. The second-order valence-corrected chi connectivity index (χ2v) is 3.03. The second-order valence-electron chi connectivity index (χ2n) is 3.03. The summed E-state index contributed by atoms with van der Waals surface area (Å²) in [5, 5.41) is 17.8. The minimum Gasteiger partial charge on any atom is -0.373 e. The van der Waals surface area contributed by atoms with E-state index in [2.05, 4.69) is 0 Å². The summed E-state index contributed by atoms with van der Waals surface area (Å²) in [4.78, 5) is 0. The second kappa shape index (κ2) is 3.55. The fraction of sp³-hybridized carbons (Fsp3) is 0.300. The molecule has 68 valence electrons. The number of aliphatic hydroxyl groups is 1. The number of benzene rings is 1. The molecule has 3 heteroatoms. The topological polar surface area (TPSA) is 44.0 Å². The van der Waals surface area contributed by atoms with Gasteiger partial charge in [-0.2, -0.15) is 5.26 Å². The Kier molecular flexibility index (Phi) is 2.64. The predicted octanol–water partition coefficient (Wildman–Crippen LogP) is 1.97. The summed E-state index contributed by atoms with van der Waals surface area (Å²) < 4.78 is 13.4. The van der Waals surface area contributed by atoms with E-state index in [1.54, 1.807) is 18.2 Å². The lowest BCUT2D eigenvalue weighted by molar-refractivity contribution is 0.0290. The maximum Gasteiger partial charge on any atom is 0.183 e. The zero-order chi connectivity index (χ0) is 9.90. The van der Waals surface area contributed by atoms with Crippen LogP contribution < -0.4 is 0 Å². The molecule has 0 saturated heterocycles. The molecule has 0 aliphatic rings. The van der Waals surface area contributed by atoms with Crippen LogP contribution in [0.4, 0.5) is 4.39 Å². The third kappa shape index (κ3) is 2.04. The Morgan fingerprint density at radius 1 is 1.46 bits per heavy atom. The largest absolute Gasteiger partial charge is 0.373 e. The molecule has 0 heterocycles. The van der Waals surface area contributed by atoms with Gasteiger partial charge >= 0.3 is 0 Å². The molecule has 1 N–H and O–H groups in total. The first-order valence-electron chi connectivity index (χ1n) is 3.90. The molecule has 0 bridgehead atoms. The molecule has 13 heavy (non-hydrogen) atoms. The van der Waals surface area contributed by atoms with E-state index in [9.17, 15) is 9.50 Å². The quantitative estimate of drug-likeness (QED) is 0.705. The molecular formula is C10H10FNO. The third-order valence-electron chi connectivity index (χ3n) is 1.81. The highest BCUT2D eigenvalue weighted by atomic mass is 19.1. The van der Waals surface area contributed by atoms with Crippen molar-refractivity contribution in [2.45, 2.75) is 18.7 Å². The molecule has 0 radical (unpaired) electrons. The molecule has 0 unspecified atom stereocenters. The van der Waals surface area contributed by atoms with Gasteiger partial charge in [0.25, 0.3) is 0 Å². The number of nitriles is 1. The van der Waals surface area contributed by atoms with Gasteiger partial charge in [-0.15, -0.1) is 0 Å². The van der Waals surface area contributed by atoms with E-state index in [1.807, 2.05) is 0 Å². The van der Waals surface area contributed by atoms with Gasteiger partial charge in [0.1, 0.15) is 6.07 Å². The number of nitrogens with zero attached hydrogens (tertiary/aromatic N) is 1. The van der Waals surface area contributed by atoms with Gasteiger partial charge in [-0.1, -0.05) is 30.3 Å². The Morgan fingerprint density at radius 3 is 2.46 bits per heavy atom. The summed E-state index contributed by atoms with van der Waals surface area (Å²) in [6, 6.07) is 9.67. The number of hydrogen-bond donors (Lipinski definition) is 1. The monoisotopic (exact) mass is 179 g/mol. The number of hydrogen-bond acceptors (Lipinski definition) is 2. The normalized spacial score (nSPS) is 17.1. The average molecular weight is 179 g/mol. The maximum absolute atomic E-state index is 13.4. The Hall–Kier alpha value is -1.40. The van der Waals surface area contributed by atoms with E-state index in [4.69, 9.17) is 5.26 Å². The van der Waals surface area contributed by atoms with Gasteiger partial charge in [0.15, 0.2) is 11.8 Å². The van der Waals surface area contributed by atoms with E-state index < -0.39 is 11.8 Å². The molecule has 0 saturated carbocycles. The highest BCUT2D eigenvalue weighted by molar-refractivity contribution is 5.23. The van der Waals surface area contributed by atoms with E-state index in [-0.39, 0.29) is 0 Å². The van der Waals surface area contributed by atoms with Crippen molar-refractivity contribution in [2.24, 2.45) is 0 Å². The minimum atomic E-state index is -1.96. The molecular weight excluding hydrogens is 169 g/mol. The van der Waals surface area contributed by atoms with Crippen LogP contribution in [0.1, 0.15) is 18.7 Å². The molecule has 1 aromatic rings. The molecule has 0 amide bonds. The number of alkyl halides is 1. The van der Waals surface area contributed by atoms with Crippen LogP contribution in [0, 0.1) is 11.3 Å². The molecule has 0 aromatic heterocycles. The van der Waals surface area contributed by atoms with Gasteiger partial charge in [-0.3, -0.25) is 0 Å². The number of halogens is 1. The van der Waals surface area contributed by atoms with Crippen LogP contribution >= 0.6 is 0 Å². The number of rotatable bonds is 2. The summed E-state index contributed by atoms with van der Waals surface area (Å²) in [5.41, 5.74) is -1.64. The van der Waals surface area contributed by atoms with Gasteiger partial charge < -0.3 is 5.11 Å². The van der Waals surface area contributed by atoms with Gasteiger partial charge in [0.2, 0.25) is 0 Å². The summed E-state index contributed by atoms with van der Waals surface area (Å²) in [5.74, 6) is 0. The van der Waals surface area contributed by atoms with Crippen LogP contribution in [-0.4, -0.2) is 10.7 Å². The predicted molar refractivity (Wildman–Crippen MR) is 46.5 cm³/mol. The van der Waals surface area contributed by atoms with Crippen LogP contribution in [0.2, 0.25) is 0 Å². The van der Waals surface area contributed by atoms with Crippen LogP contribution in [0.3, 0.4) is 0 Å². The van der Waals surface area contributed by atoms with Crippen molar-refractivity contribution in [1.82, 2.24) is 0 Å². The van der Waals surface area contributed by atoms with E-state index in [1.165, 1.54) is 18.2 Å². The standard InChI is InChI=1S/C10H10FNO/c1-10(13,7-12)9(11)8-5-3-2-4-6-8/h2-6,9,13H,1H3/t9-,10-/m1/s1. The van der Waals surface area contributed by atoms with E-state index in [0.29, 0.717) is 5.56 Å². The molecule has 1 aromatic carbocycles. The molecule has 0 spiro atoms. The molecule has 0 fully saturated rings. The van der Waals surface area contributed by atoms with Gasteiger partial charge in [0.05, 0.1) is 0 Å². The highest BCUT2D eigenvalue weighted by Gasteiger charge is 2.33. The Morgan fingerprint density at radius 2 is 2.00 bits per heavy atom. The van der Waals surface area contributed by atoms with Crippen LogP contribution in [-0.2, 0) is 0 Å². The molecule has 2 atom stereocenters. The fourth-order valence-corrected chi connectivity index (χ4v) is 1.00. The molecule has 2 nitrogen and oxygen atoms in total. The molecule has 0 aliphatic heterocycles. The smallest absolute Gasteiger partial charge is 0.183 e. The lowest BCUT2D eigenvalue weighted by Crippen LogP contribution is -2.27. The zero-order valence-corrected chi connectivity index (χ0v) is 7.24. The van der Waals surface area contributed by atoms with E-state index in [0.717, 1.165) is 6.92 Å². The summed E-state index contributed by atoms with van der Waals surface area (Å²) in [6.07, 6.45) is -1.67. The van der Waals surface area contributed by atoms with Crippen LogP contribution in [0.15, 0.2) is 30.3 Å². The fourth-order valence-electron chi connectivity index (χ4n) is 1.00. The van der Waals surface area contributed by atoms with Crippen molar-refractivity contribution < 1.29 is 9.50 Å². The van der Waals surface area contributed by atoms with Crippen LogP contribution in [0.25, 0.3) is 0 Å². The van der Waals surface area contributed by atoms with Crippen molar-refractivity contribution in [1.29, 1.82) is 5.26 Å². The third-order valence-corrected chi connectivity index (χ3v) is 1.81. The molecule has 0 aliphatic carbocycles. The van der Waals surface area contributed by atoms with E-state index >= 15 is 0 Å². The van der Waals surface area contributed by atoms with Crippen molar-refractivity contribution in [3.63, 3.8) is 0 Å².